The monoisotopic (exact) mass is 374 g/mol. The number of aromatic nitrogens is 3. The minimum atomic E-state index is -0.182. The van der Waals surface area contributed by atoms with Crippen molar-refractivity contribution in [1.29, 1.82) is 5.26 Å². The molecule has 2 aromatic carbocycles. The Bertz CT molecular complexity index is 937. The van der Waals surface area contributed by atoms with Gasteiger partial charge in [0.15, 0.2) is 5.16 Å². The predicted octanol–water partition coefficient (Wildman–Crippen LogP) is 4.74. The Hall–Kier alpha value is -2.58. The first-order chi connectivity index (χ1) is 13.2. The van der Waals surface area contributed by atoms with Crippen LogP contribution in [0, 0.1) is 18.3 Å². The molecule has 0 spiro atoms. The predicted molar refractivity (Wildman–Crippen MR) is 108 cm³/mol. The van der Waals surface area contributed by atoms with Crippen LogP contribution in [0.5, 0.6) is 0 Å². The topological polar surface area (TPSA) is 54.5 Å². The average molecular weight is 375 g/mol. The van der Waals surface area contributed by atoms with E-state index in [1.807, 2.05) is 6.07 Å². The van der Waals surface area contributed by atoms with E-state index in [1.54, 1.807) is 0 Å². The highest BCUT2D eigenvalue weighted by molar-refractivity contribution is 8.00. The van der Waals surface area contributed by atoms with E-state index in [4.69, 9.17) is 0 Å². The maximum absolute atomic E-state index is 9.68. The van der Waals surface area contributed by atoms with Crippen LogP contribution in [0.2, 0.25) is 0 Å². The van der Waals surface area contributed by atoms with Crippen molar-refractivity contribution in [2.45, 2.75) is 49.1 Å². The van der Waals surface area contributed by atoms with Gasteiger partial charge < -0.3 is 4.57 Å². The Labute approximate surface area is 164 Å². The summed E-state index contributed by atoms with van der Waals surface area (Å²) in [5.74, 6) is 1.58. The fourth-order valence-electron chi connectivity index (χ4n) is 3.12. The molecule has 1 aliphatic rings. The van der Waals surface area contributed by atoms with Gasteiger partial charge in [0.1, 0.15) is 11.1 Å². The summed E-state index contributed by atoms with van der Waals surface area (Å²) in [6.45, 7) is 2.83. The summed E-state index contributed by atoms with van der Waals surface area (Å²) in [6, 6.07) is 21.2. The molecule has 4 rings (SSSR count). The molecular formula is C22H22N4S. The van der Waals surface area contributed by atoms with E-state index >= 15 is 0 Å². The van der Waals surface area contributed by atoms with Gasteiger partial charge in [0.05, 0.1) is 12.6 Å². The van der Waals surface area contributed by atoms with Gasteiger partial charge in [-0.05, 0) is 37.3 Å². The van der Waals surface area contributed by atoms with Crippen LogP contribution in [0.4, 0.5) is 0 Å². The summed E-state index contributed by atoms with van der Waals surface area (Å²) in [4.78, 5) is 0. The van der Waals surface area contributed by atoms with E-state index in [9.17, 15) is 5.26 Å². The fourth-order valence-corrected chi connectivity index (χ4v) is 4.08. The van der Waals surface area contributed by atoms with Gasteiger partial charge in [-0.2, -0.15) is 5.26 Å². The minimum absolute atomic E-state index is 0.182. The second kappa shape index (κ2) is 7.98. The number of aryl methyl sites for hydroxylation is 1. The van der Waals surface area contributed by atoms with Crippen LogP contribution >= 0.6 is 11.8 Å². The van der Waals surface area contributed by atoms with Crippen molar-refractivity contribution in [3.63, 3.8) is 0 Å². The Morgan fingerprint density at radius 2 is 1.81 bits per heavy atom. The summed E-state index contributed by atoms with van der Waals surface area (Å²) in [7, 11) is 0. The van der Waals surface area contributed by atoms with E-state index in [1.165, 1.54) is 41.3 Å². The van der Waals surface area contributed by atoms with Crippen LogP contribution in [-0.4, -0.2) is 20.0 Å². The molecule has 0 N–H and O–H groups in total. The normalized spacial score (nSPS) is 14.7. The number of benzene rings is 2. The summed E-state index contributed by atoms with van der Waals surface area (Å²) in [5.41, 5.74) is 3.64. The molecule has 1 saturated carbocycles. The quantitative estimate of drug-likeness (QED) is 0.561. The second-order valence-electron chi connectivity index (χ2n) is 7.11. The number of thioether (sulfide) groups is 1. The smallest absolute Gasteiger partial charge is 0.192 e. The van der Waals surface area contributed by atoms with Crippen molar-refractivity contribution in [3.05, 3.63) is 77.1 Å². The first-order valence-electron chi connectivity index (χ1n) is 9.32. The third-order valence-corrected chi connectivity index (χ3v) is 5.87. The van der Waals surface area contributed by atoms with Crippen LogP contribution in [0.3, 0.4) is 0 Å². The van der Waals surface area contributed by atoms with Crippen LogP contribution in [0.15, 0.2) is 59.8 Å². The number of hydrogen-bond donors (Lipinski definition) is 0. The van der Waals surface area contributed by atoms with Crippen molar-refractivity contribution < 1.29 is 0 Å². The first kappa shape index (κ1) is 17.8. The second-order valence-corrected chi connectivity index (χ2v) is 8.28. The average Bonchev–Trinajstić information content (AvgIpc) is 3.47. The summed E-state index contributed by atoms with van der Waals surface area (Å²) >= 11 is 1.53. The molecule has 1 aliphatic carbocycles. The van der Waals surface area contributed by atoms with Gasteiger partial charge in [0.25, 0.3) is 0 Å². The first-order valence-corrected chi connectivity index (χ1v) is 10.2. The summed E-state index contributed by atoms with van der Waals surface area (Å²) in [6.07, 6.45) is 3.07. The molecule has 136 valence electrons. The number of hydrogen-bond acceptors (Lipinski definition) is 4. The SMILES string of the molecule is Cc1ccc(C[C@H](C#N)Sc2nnc(C3CC3)n2Cc2ccccc2)cc1. The third-order valence-electron chi connectivity index (χ3n) is 4.80. The zero-order chi connectivity index (χ0) is 18.6. The molecule has 0 aliphatic heterocycles. The Balaban J connectivity index is 1.55. The molecule has 3 aromatic rings. The standard InChI is InChI=1S/C22H22N4S/c1-16-7-9-17(10-8-16)13-20(14-23)27-22-25-24-21(19-11-12-19)26(22)15-18-5-3-2-4-6-18/h2-10,19-20H,11-13,15H2,1H3/t20-/m1/s1. The molecule has 1 aromatic heterocycles. The van der Waals surface area contributed by atoms with Crippen LogP contribution in [-0.2, 0) is 13.0 Å². The molecule has 27 heavy (non-hydrogen) atoms. The molecule has 1 fully saturated rings. The third kappa shape index (κ3) is 4.40. The molecule has 0 amide bonds. The molecule has 0 bridgehead atoms. The molecule has 5 heteroatoms. The zero-order valence-corrected chi connectivity index (χ0v) is 16.2. The summed E-state index contributed by atoms with van der Waals surface area (Å²) < 4.78 is 2.21. The van der Waals surface area contributed by atoms with Crippen LogP contribution < -0.4 is 0 Å². The largest absolute Gasteiger partial charge is 0.301 e. The molecule has 1 atom stereocenters. The van der Waals surface area contributed by atoms with Crippen molar-refractivity contribution in [3.8, 4) is 6.07 Å². The fraction of sp³-hybridized carbons (Fsp3) is 0.318. The Kier molecular flexibility index (Phi) is 5.26. The van der Waals surface area contributed by atoms with E-state index < -0.39 is 0 Å². The number of nitrogens with zero attached hydrogens (tertiary/aromatic N) is 4. The lowest BCUT2D eigenvalue weighted by atomic mass is 10.1. The molecule has 0 radical (unpaired) electrons. The van der Waals surface area contributed by atoms with Gasteiger partial charge in [-0.25, -0.2) is 0 Å². The van der Waals surface area contributed by atoms with Crippen molar-refractivity contribution in [2.75, 3.05) is 0 Å². The van der Waals surface area contributed by atoms with Gasteiger partial charge in [-0.3, -0.25) is 0 Å². The van der Waals surface area contributed by atoms with Crippen molar-refractivity contribution >= 4 is 11.8 Å². The lowest BCUT2D eigenvalue weighted by Crippen LogP contribution is -2.10. The van der Waals surface area contributed by atoms with E-state index in [-0.39, 0.29) is 5.25 Å². The highest BCUT2D eigenvalue weighted by atomic mass is 32.2. The molecule has 1 heterocycles. The number of nitriles is 1. The zero-order valence-electron chi connectivity index (χ0n) is 15.4. The molecule has 0 saturated heterocycles. The van der Waals surface area contributed by atoms with Gasteiger partial charge in [0, 0.05) is 5.92 Å². The van der Waals surface area contributed by atoms with E-state index in [0.29, 0.717) is 12.3 Å². The highest BCUT2D eigenvalue weighted by Crippen LogP contribution is 2.40. The van der Waals surface area contributed by atoms with E-state index in [0.717, 1.165) is 17.5 Å². The van der Waals surface area contributed by atoms with Crippen LogP contribution in [0.25, 0.3) is 0 Å². The molecular weight excluding hydrogens is 352 g/mol. The maximum atomic E-state index is 9.68. The lowest BCUT2D eigenvalue weighted by molar-refractivity contribution is 0.666. The van der Waals surface area contributed by atoms with Gasteiger partial charge >= 0.3 is 0 Å². The minimum Gasteiger partial charge on any atom is -0.301 e. The van der Waals surface area contributed by atoms with E-state index in [2.05, 4.69) is 76.3 Å². The lowest BCUT2D eigenvalue weighted by Gasteiger charge is -2.12. The van der Waals surface area contributed by atoms with Gasteiger partial charge in [0.2, 0.25) is 0 Å². The Morgan fingerprint density at radius 3 is 2.48 bits per heavy atom. The highest BCUT2D eigenvalue weighted by Gasteiger charge is 2.31. The van der Waals surface area contributed by atoms with Crippen molar-refractivity contribution in [1.82, 2.24) is 14.8 Å². The summed E-state index contributed by atoms with van der Waals surface area (Å²) in [5, 5.41) is 19.3. The maximum Gasteiger partial charge on any atom is 0.192 e. The number of rotatable bonds is 7. The van der Waals surface area contributed by atoms with Crippen LogP contribution in [0.1, 0.15) is 41.3 Å². The van der Waals surface area contributed by atoms with Crippen molar-refractivity contribution in [2.24, 2.45) is 0 Å². The molecule has 0 unspecified atom stereocenters. The Morgan fingerprint density at radius 1 is 1.07 bits per heavy atom. The van der Waals surface area contributed by atoms with Gasteiger partial charge in [-0.15, -0.1) is 10.2 Å². The van der Waals surface area contributed by atoms with Gasteiger partial charge in [-0.1, -0.05) is 71.9 Å². The molecule has 4 nitrogen and oxygen atoms in total.